The number of hydrogen-bond donors (Lipinski definition) is 2. The summed E-state index contributed by atoms with van der Waals surface area (Å²) in [5.41, 5.74) is 9.06. The Labute approximate surface area is 123 Å². The molecule has 0 unspecified atom stereocenters. The fourth-order valence-corrected chi connectivity index (χ4v) is 2.14. The van der Waals surface area contributed by atoms with Crippen LogP contribution in [-0.4, -0.2) is 12.5 Å². The maximum atomic E-state index is 12.0. The molecule has 1 amide bonds. The minimum Gasteiger partial charge on any atom is -0.399 e. The van der Waals surface area contributed by atoms with E-state index in [9.17, 15) is 4.79 Å². The average molecular weight is 289 g/mol. The predicted molar refractivity (Wildman–Crippen MR) is 83.1 cm³/mol. The second kappa shape index (κ2) is 6.44. The van der Waals surface area contributed by atoms with Gasteiger partial charge in [0.05, 0.1) is 0 Å². The zero-order valence-electron chi connectivity index (χ0n) is 11.3. The number of rotatable bonds is 4. The van der Waals surface area contributed by atoms with Crippen LogP contribution in [0.25, 0.3) is 0 Å². The molecule has 2 aromatic rings. The molecule has 3 N–H and O–H groups in total. The van der Waals surface area contributed by atoms with E-state index >= 15 is 0 Å². The van der Waals surface area contributed by atoms with Crippen molar-refractivity contribution in [1.82, 2.24) is 5.32 Å². The zero-order chi connectivity index (χ0) is 14.5. The van der Waals surface area contributed by atoms with Crippen molar-refractivity contribution in [2.24, 2.45) is 0 Å². The lowest BCUT2D eigenvalue weighted by Crippen LogP contribution is -2.25. The maximum Gasteiger partial charge on any atom is 0.251 e. The summed E-state index contributed by atoms with van der Waals surface area (Å²) in [7, 11) is 0. The first-order chi connectivity index (χ1) is 9.54. The van der Waals surface area contributed by atoms with Crippen molar-refractivity contribution in [2.45, 2.75) is 13.3 Å². The summed E-state index contributed by atoms with van der Waals surface area (Å²) in [4.78, 5) is 12.0. The van der Waals surface area contributed by atoms with Crippen LogP contribution in [0.3, 0.4) is 0 Å². The van der Waals surface area contributed by atoms with Crippen LogP contribution >= 0.6 is 11.6 Å². The Morgan fingerprint density at radius 2 is 1.90 bits per heavy atom. The molecule has 4 heteroatoms. The number of nitrogens with two attached hydrogens (primary N) is 1. The second-order valence-corrected chi connectivity index (χ2v) is 5.20. The number of carbonyl (C=O) groups is 1. The Morgan fingerprint density at radius 1 is 1.20 bits per heavy atom. The van der Waals surface area contributed by atoms with Crippen molar-refractivity contribution < 1.29 is 4.79 Å². The van der Waals surface area contributed by atoms with Gasteiger partial charge in [-0.15, -0.1) is 0 Å². The van der Waals surface area contributed by atoms with Gasteiger partial charge in [-0.2, -0.15) is 0 Å². The molecule has 0 atom stereocenters. The Balaban J connectivity index is 1.90. The zero-order valence-corrected chi connectivity index (χ0v) is 12.1. The molecule has 0 aliphatic rings. The van der Waals surface area contributed by atoms with E-state index < -0.39 is 0 Å². The molecule has 20 heavy (non-hydrogen) atoms. The number of halogens is 1. The standard InChI is InChI=1S/C16H17ClN2O/c1-11-8-13(10-15(18)9-11)16(20)19-7-6-12-2-4-14(17)5-3-12/h2-5,8-10H,6-7,18H2,1H3,(H,19,20). The number of carbonyl (C=O) groups excluding carboxylic acids is 1. The van der Waals surface area contributed by atoms with Crippen molar-refractivity contribution in [3.8, 4) is 0 Å². The van der Waals surface area contributed by atoms with Crippen LogP contribution in [0.15, 0.2) is 42.5 Å². The van der Waals surface area contributed by atoms with E-state index in [4.69, 9.17) is 17.3 Å². The smallest absolute Gasteiger partial charge is 0.251 e. The summed E-state index contributed by atoms with van der Waals surface area (Å²) in [6.45, 7) is 2.50. The van der Waals surface area contributed by atoms with Gasteiger partial charge in [-0.1, -0.05) is 23.7 Å². The van der Waals surface area contributed by atoms with Gasteiger partial charge in [0.2, 0.25) is 0 Å². The topological polar surface area (TPSA) is 55.1 Å². The fraction of sp³-hybridized carbons (Fsp3) is 0.188. The lowest BCUT2D eigenvalue weighted by atomic mass is 10.1. The highest BCUT2D eigenvalue weighted by molar-refractivity contribution is 6.30. The van der Waals surface area contributed by atoms with E-state index in [0.29, 0.717) is 22.8 Å². The first-order valence-corrected chi connectivity index (χ1v) is 6.82. The number of aryl methyl sites for hydroxylation is 1. The number of hydrogen-bond acceptors (Lipinski definition) is 2. The van der Waals surface area contributed by atoms with Crippen molar-refractivity contribution in [1.29, 1.82) is 0 Å². The summed E-state index contributed by atoms with van der Waals surface area (Å²) >= 11 is 5.82. The summed E-state index contributed by atoms with van der Waals surface area (Å²) in [6.07, 6.45) is 0.768. The maximum absolute atomic E-state index is 12.0. The molecule has 0 heterocycles. The minimum atomic E-state index is -0.102. The summed E-state index contributed by atoms with van der Waals surface area (Å²) in [6, 6.07) is 13.0. The highest BCUT2D eigenvalue weighted by atomic mass is 35.5. The van der Waals surface area contributed by atoms with Crippen LogP contribution in [0.1, 0.15) is 21.5 Å². The monoisotopic (exact) mass is 288 g/mol. The van der Waals surface area contributed by atoms with Crippen LogP contribution < -0.4 is 11.1 Å². The summed E-state index contributed by atoms with van der Waals surface area (Å²) < 4.78 is 0. The van der Waals surface area contributed by atoms with E-state index in [0.717, 1.165) is 17.5 Å². The van der Waals surface area contributed by atoms with Crippen molar-refractivity contribution in [3.05, 3.63) is 64.2 Å². The number of nitrogens with one attached hydrogen (secondary N) is 1. The van der Waals surface area contributed by atoms with Crippen LogP contribution in [0, 0.1) is 6.92 Å². The van der Waals surface area contributed by atoms with Gasteiger partial charge in [-0.05, 0) is 54.8 Å². The van der Waals surface area contributed by atoms with Gasteiger partial charge < -0.3 is 11.1 Å². The molecule has 0 radical (unpaired) electrons. The van der Waals surface area contributed by atoms with Crippen LogP contribution in [-0.2, 0) is 6.42 Å². The predicted octanol–water partition coefficient (Wildman–Crippen LogP) is 3.20. The van der Waals surface area contributed by atoms with Gasteiger partial charge in [0.25, 0.3) is 5.91 Å². The fourth-order valence-electron chi connectivity index (χ4n) is 2.02. The molecule has 0 aromatic heterocycles. The van der Waals surface area contributed by atoms with Crippen LogP contribution in [0.4, 0.5) is 5.69 Å². The van der Waals surface area contributed by atoms with Crippen LogP contribution in [0.5, 0.6) is 0 Å². The number of anilines is 1. The van der Waals surface area contributed by atoms with Gasteiger partial charge in [0.1, 0.15) is 0 Å². The Hall–Kier alpha value is -2.00. The van der Waals surface area contributed by atoms with Crippen LogP contribution in [0.2, 0.25) is 5.02 Å². The molecular formula is C16H17ClN2O. The Bertz CT molecular complexity index is 588. The third kappa shape index (κ3) is 4.00. The molecule has 2 aromatic carbocycles. The SMILES string of the molecule is Cc1cc(N)cc(C(=O)NCCc2ccc(Cl)cc2)c1. The Morgan fingerprint density at radius 3 is 2.55 bits per heavy atom. The van der Waals surface area contributed by atoms with E-state index in [2.05, 4.69) is 5.32 Å². The summed E-state index contributed by atoms with van der Waals surface area (Å²) in [5, 5.41) is 3.60. The van der Waals surface area contributed by atoms with E-state index in [1.165, 1.54) is 0 Å². The highest BCUT2D eigenvalue weighted by Crippen LogP contribution is 2.12. The quantitative estimate of drug-likeness (QED) is 0.849. The molecule has 0 saturated carbocycles. The average Bonchev–Trinajstić information content (AvgIpc) is 2.40. The lowest BCUT2D eigenvalue weighted by molar-refractivity contribution is 0.0954. The van der Waals surface area contributed by atoms with Crippen molar-refractivity contribution in [3.63, 3.8) is 0 Å². The highest BCUT2D eigenvalue weighted by Gasteiger charge is 2.06. The first kappa shape index (κ1) is 14.4. The number of benzene rings is 2. The molecule has 3 nitrogen and oxygen atoms in total. The third-order valence-electron chi connectivity index (χ3n) is 2.97. The minimum absolute atomic E-state index is 0.102. The molecule has 0 spiro atoms. The van der Waals surface area contributed by atoms with Gasteiger partial charge in [0.15, 0.2) is 0 Å². The van der Waals surface area contributed by atoms with Gasteiger partial charge in [-0.3, -0.25) is 4.79 Å². The molecule has 0 saturated heterocycles. The number of amides is 1. The molecule has 2 rings (SSSR count). The molecule has 0 aliphatic carbocycles. The molecule has 0 fully saturated rings. The van der Waals surface area contributed by atoms with Crippen molar-refractivity contribution in [2.75, 3.05) is 12.3 Å². The number of nitrogen functional groups attached to an aromatic ring is 1. The molecule has 104 valence electrons. The molecular weight excluding hydrogens is 272 g/mol. The first-order valence-electron chi connectivity index (χ1n) is 6.44. The third-order valence-corrected chi connectivity index (χ3v) is 3.23. The molecule has 0 aliphatic heterocycles. The van der Waals surface area contributed by atoms with E-state index in [1.807, 2.05) is 43.3 Å². The van der Waals surface area contributed by atoms with E-state index in [-0.39, 0.29) is 5.91 Å². The van der Waals surface area contributed by atoms with Gasteiger partial charge in [0, 0.05) is 22.8 Å². The van der Waals surface area contributed by atoms with Crippen molar-refractivity contribution >= 4 is 23.2 Å². The van der Waals surface area contributed by atoms with E-state index in [1.54, 1.807) is 6.07 Å². The largest absolute Gasteiger partial charge is 0.399 e. The van der Waals surface area contributed by atoms with Gasteiger partial charge >= 0.3 is 0 Å². The Kier molecular flexibility index (Phi) is 4.64. The summed E-state index contributed by atoms with van der Waals surface area (Å²) in [5.74, 6) is -0.102. The molecule has 0 bridgehead atoms. The normalized spacial score (nSPS) is 10.3. The lowest BCUT2D eigenvalue weighted by Gasteiger charge is -2.07. The van der Waals surface area contributed by atoms with Gasteiger partial charge in [-0.25, -0.2) is 0 Å². The second-order valence-electron chi connectivity index (χ2n) is 4.76.